The molecule has 1 heterocycles. The summed E-state index contributed by atoms with van der Waals surface area (Å²) >= 11 is 0. The number of isocyanates is 1. The highest BCUT2D eigenvalue weighted by molar-refractivity contribution is 5.32. The molecule has 0 spiro atoms. The maximum atomic E-state index is 9.89. The van der Waals surface area contributed by atoms with Gasteiger partial charge in [0.05, 0.1) is 6.54 Å². The van der Waals surface area contributed by atoms with Crippen molar-refractivity contribution in [3.05, 3.63) is 35.9 Å². The fourth-order valence-corrected chi connectivity index (χ4v) is 2.86. The normalized spacial score (nSPS) is 15.6. The smallest absolute Gasteiger partial charge is 0.234 e. The predicted octanol–water partition coefficient (Wildman–Crippen LogP) is 3.06. The summed E-state index contributed by atoms with van der Waals surface area (Å²) in [7, 11) is 0. The predicted molar refractivity (Wildman–Crippen MR) is 81.5 cm³/mol. The van der Waals surface area contributed by atoms with E-state index in [2.05, 4.69) is 40.2 Å². The van der Waals surface area contributed by atoms with Crippen LogP contribution in [-0.2, 0) is 11.2 Å². The maximum absolute atomic E-state index is 9.89. The molecule has 3 nitrogen and oxygen atoms in total. The molecule has 0 aromatic heterocycles. The number of hydrogen-bond acceptors (Lipinski definition) is 3. The minimum atomic E-state index is 0.645. The van der Waals surface area contributed by atoms with Crippen LogP contribution in [0.3, 0.4) is 0 Å². The first kappa shape index (κ1) is 15.0. The molecule has 20 heavy (non-hydrogen) atoms. The zero-order valence-electron chi connectivity index (χ0n) is 12.1. The lowest BCUT2D eigenvalue weighted by atomic mass is 9.92. The Morgan fingerprint density at radius 3 is 2.60 bits per heavy atom. The third-order valence-corrected chi connectivity index (χ3v) is 3.96. The Bertz CT molecular complexity index is 420. The summed E-state index contributed by atoms with van der Waals surface area (Å²) in [6.07, 6.45) is 7.51. The Hall–Kier alpha value is -1.44. The first-order chi connectivity index (χ1) is 9.88. The molecule has 0 N–H and O–H groups in total. The second kappa shape index (κ2) is 8.68. The Kier molecular flexibility index (Phi) is 6.49. The molecule has 2 rings (SSSR count). The zero-order valence-corrected chi connectivity index (χ0v) is 12.1. The van der Waals surface area contributed by atoms with Gasteiger partial charge in [-0.15, -0.1) is 0 Å². The highest BCUT2D eigenvalue weighted by atomic mass is 16.1. The van der Waals surface area contributed by atoms with Crippen molar-refractivity contribution in [2.75, 3.05) is 26.2 Å². The molecule has 1 aromatic carbocycles. The van der Waals surface area contributed by atoms with Gasteiger partial charge in [0.2, 0.25) is 6.08 Å². The first-order valence-electron chi connectivity index (χ1n) is 7.68. The van der Waals surface area contributed by atoms with E-state index in [-0.39, 0.29) is 0 Å². The van der Waals surface area contributed by atoms with Crippen molar-refractivity contribution < 1.29 is 4.79 Å². The standard InChI is InChI=1S/C17H24N2O/c20-15-18-10-6-1-2-7-11-19-13-17(14-19)12-16-8-4-3-5-9-16/h3-5,8-9,17H,1-2,6-7,10-14H2. The van der Waals surface area contributed by atoms with Gasteiger partial charge in [-0.25, -0.2) is 9.79 Å². The van der Waals surface area contributed by atoms with Crippen molar-refractivity contribution in [2.24, 2.45) is 10.9 Å². The molecule has 1 saturated heterocycles. The van der Waals surface area contributed by atoms with Gasteiger partial charge in [0.15, 0.2) is 0 Å². The first-order valence-corrected chi connectivity index (χ1v) is 7.68. The fraction of sp³-hybridized carbons (Fsp3) is 0.588. The highest BCUT2D eigenvalue weighted by Crippen LogP contribution is 2.20. The number of likely N-dealkylation sites (tertiary alicyclic amines) is 1. The lowest BCUT2D eigenvalue weighted by molar-refractivity contribution is 0.0985. The van der Waals surface area contributed by atoms with Gasteiger partial charge in [-0.3, -0.25) is 0 Å². The number of hydrogen-bond donors (Lipinski definition) is 0. The van der Waals surface area contributed by atoms with Gasteiger partial charge in [0, 0.05) is 13.1 Å². The molecule has 0 bridgehead atoms. The van der Waals surface area contributed by atoms with Crippen molar-refractivity contribution >= 4 is 6.08 Å². The second-order valence-electron chi connectivity index (χ2n) is 5.70. The number of benzene rings is 1. The lowest BCUT2D eigenvalue weighted by Crippen LogP contribution is -2.47. The molecule has 108 valence electrons. The monoisotopic (exact) mass is 272 g/mol. The van der Waals surface area contributed by atoms with E-state index in [1.807, 2.05) is 0 Å². The molecule has 1 fully saturated rings. The Morgan fingerprint density at radius 2 is 1.85 bits per heavy atom. The van der Waals surface area contributed by atoms with Crippen LogP contribution in [-0.4, -0.2) is 37.2 Å². The van der Waals surface area contributed by atoms with Crippen LogP contribution in [0.5, 0.6) is 0 Å². The third-order valence-electron chi connectivity index (χ3n) is 3.96. The molecular formula is C17H24N2O. The van der Waals surface area contributed by atoms with E-state index < -0.39 is 0 Å². The highest BCUT2D eigenvalue weighted by Gasteiger charge is 2.25. The molecule has 1 aliphatic heterocycles. The van der Waals surface area contributed by atoms with Crippen LogP contribution in [0.2, 0.25) is 0 Å². The Balaban J connectivity index is 1.47. The largest absolute Gasteiger partial charge is 0.303 e. The van der Waals surface area contributed by atoms with Crippen molar-refractivity contribution in [2.45, 2.75) is 32.1 Å². The summed E-state index contributed by atoms with van der Waals surface area (Å²) in [6.45, 7) is 4.38. The van der Waals surface area contributed by atoms with Gasteiger partial charge in [-0.2, -0.15) is 0 Å². The Labute approximate surface area is 121 Å². The molecule has 0 unspecified atom stereocenters. The Morgan fingerprint density at radius 1 is 1.10 bits per heavy atom. The number of unbranched alkanes of at least 4 members (excludes halogenated alkanes) is 3. The fourth-order valence-electron chi connectivity index (χ4n) is 2.86. The average Bonchev–Trinajstić information content (AvgIpc) is 2.44. The minimum Gasteiger partial charge on any atom is -0.303 e. The molecular weight excluding hydrogens is 248 g/mol. The van der Waals surface area contributed by atoms with Crippen LogP contribution in [0.1, 0.15) is 31.2 Å². The quantitative estimate of drug-likeness (QED) is 0.393. The van der Waals surface area contributed by atoms with E-state index in [1.54, 1.807) is 6.08 Å². The van der Waals surface area contributed by atoms with Crippen LogP contribution in [0.15, 0.2) is 35.3 Å². The number of rotatable bonds is 9. The van der Waals surface area contributed by atoms with Crippen LogP contribution >= 0.6 is 0 Å². The minimum absolute atomic E-state index is 0.645. The summed E-state index contributed by atoms with van der Waals surface area (Å²) in [5, 5.41) is 0. The van der Waals surface area contributed by atoms with Crippen LogP contribution in [0, 0.1) is 5.92 Å². The molecule has 0 aliphatic carbocycles. The SMILES string of the molecule is O=C=NCCCCCCN1CC(Cc2ccccc2)C1. The van der Waals surface area contributed by atoms with Crippen LogP contribution in [0.25, 0.3) is 0 Å². The van der Waals surface area contributed by atoms with Gasteiger partial charge in [-0.1, -0.05) is 43.2 Å². The van der Waals surface area contributed by atoms with Crippen molar-refractivity contribution in [3.8, 4) is 0 Å². The van der Waals surface area contributed by atoms with E-state index in [0.29, 0.717) is 6.54 Å². The van der Waals surface area contributed by atoms with E-state index >= 15 is 0 Å². The van der Waals surface area contributed by atoms with Gasteiger partial charge >= 0.3 is 0 Å². The second-order valence-corrected chi connectivity index (χ2v) is 5.70. The van der Waals surface area contributed by atoms with E-state index in [1.165, 1.54) is 50.9 Å². The number of nitrogens with zero attached hydrogens (tertiary/aromatic N) is 2. The average molecular weight is 272 g/mol. The van der Waals surface area contributed by atoms with E-state index in [9.17, 15) is 4.79 Å². The van der Waals surface area contributed by atoms with E-state index in [0.717, 1.165) is 12.3 Å². The van der Waals surface area contributed by atoms with Gasteiger partial charge in [-0.05, 0) is 37.3 Å². The number of aliphatic imine (C=N–C) groups is 1. The van der Waals surface area contributed by atoms with Gasteiger partial charge < -0.3 is 4.90 Å². The molecule has 0 amide bonds. The maximum Gasteiger partial charge on any atom is 0.234 e. The van der Waals surface area contributed by atoms with Crippen LogP contribution in [0.4, 0.5) is 0 Å². The summed E-state index contributed by atoms with van der Waals surface area (Å²) in [4.78, 5) is 16.0. The van der Waals surface area contributed by atoms with Crippen molar-refractivity contribution in [1.29, 1.82) is 0 Å². The molecule has 0 saturated carbocycles. The molecule has 0 radical (unpaired) electrons. The van der Waals surface area contributed by atoms with Gasteiger partial charge in [0.25, 0.3) is 0 Å². The summed E-state index contributed by atoms with van der Waals surface area (Å²) < 4.78 is 0. The molecule has 1 aromatic rings. The zero-order chi connectivity index (χ0) is 14.0. The van der Waals surface area contributed by atoms with Crippen molar-refractivity contribution in [3.63, 3.8) is 0 Å². The summed E-state index contributed by atoms with van der Waals surface area (Å²) in [5.74, 6) is 0.847. The molecule has 1 aliphatic rings. The number of carbonyl (C=O) groups excluding carboxylic acids is 1. The topological polar surface area (TPSA) is 32.7 Å². The summed E-state index contributed by atoms with van der Waals surface area (Å²) in [5.41, 5.74) is 1.47. The summed E-state index contributed by atoms with van der Waals surface area (Å²) in [6, 6.07) is 10.8. The molecule has 3 heteroatoms. The van der Waals surface area contributed by atoms with Crippen LogP contribution < -0.4 is 0 Å². The molecule has 0 atom stereocenters. The third kappa shape index (κ3) is 5.28. The van der Waals surface area contributed by atoms with Crippen molar-refractivity contribution in [1.82, 2.24) is 4.90 Å². The van der Waals surface area contributed by atoms with Gasteiger partial charge in [0.1, 0.15) is 0 Å². The van der Waals surface area contributed by atoms with E-state index in [4.69, 9.17) is 0 Å². The lowest BCUT2D eigenvalue weighted by Gasteiger charge is -2.39.